The molecule has 1 aromatic rings. The van der Waals surface area contributed by atoms with Gasteiger partial charge in [0.25, 0.3) is 5.91 Å². The number of amides is 1. The highest BCUT2D eigenvalue weighted by atomic mass is 16.6. The molecule has 5 rings (SSSR count). The predicted molar refractivity (Wildman–Crippen MR) is 146 cm³/mol. The smallest absolute Gasteiger partial charge is 0.304 e. The van der Waals surface area contributed by atoms with Crippen molar-refractivity contribution >= 4 is 17.6 Å². The summed E-state index contributed by atoms with van der Waals surface area (Å²) in [5.41, 5.74) is 3.54. The number of aliphatic hydroxyl groups excluding tert-OH is 1. The lowest BCUT2D eigenvalue weighted by Gasteiger charge is -2.57. The molecular weight excluding hydrogens is 480 g/mol. The van der Waals surface area contributed by atoms with E-state index >= 15 is 0 Å². The van der Waals surface area contributed by atoms with Gasteiger partial charge in [-0.1, -0.05) is 54.9 Å². The molecule has 1 amide bonds. The summed E-state index contributed by atoms with van der Waals surface area (Å²) in [5.74, 6) is 0.506. The molecule has 0 spiro atoms. The lowest BCUT2D eigenvalue weighted by molar-refractivity contribution is -0.137. The van der Waals surface area contributed by atoms with Crippen molar-refractivity contribution in [1.29, 1.82) is 0 Å². The molecule has 0 radical (unpaired) electrons. The molecule has 4 aliphatic rings. The Balaban J connectivity index is 1.16. The molecule has 206 valence electrons. The fourth-order valence-corrected chi connectivity index (χ4v) is 8.32. The van der Waals surface area contributed by atoms with Gasteiger partial charge in [-0.2, -0.15) is 0 Å². The molecule has 3 N–H and O–H groups in total. The van der Waals surface area contributed by atoms with E-state index in [0.29, 0.717) is 17.8 Å². The molecule has 0 unspecified atom stereocenters. The van der Waals surface area contributed by atoms with Crippen molar-refractivity contribution in [2.24, 2.45) is 33.7 Å². The van der Waals surface area contributed by atoms with Gasteiger partial charge in [0.15, 0.2) is 6.61 Å². The van der Waals surface area contributed by atoms with Gasteiger partial charge in [0.2, 0.25) is 0 Å². The fraction of sp³-hybridized carbons (Fsp3) is 0.645. The molecular formula is C31H42N2O5. The summed E-state index contributed by atoms with van der Waals surface area (Å²) >= 11 is 0. The number of carboxylic acids is 1. The van der Waals surface area contributed by atoms with Crippen molar-refractivity contribution < 1.29 is 24.6 Å². The first kappa shape index (κ1) is 26.9. The number of allylic oxidation sites excluding steroid dienone is 2. The van der Waals surface area contributed by atoms with Crippen molar-refractivity contribution in [3.8, 4) is 0 Å². The van der Waals surface area contributed by atoms with Gasteiger partial charge in [0.1, 0.15) is 0 Å². The third-order valence-corrected chi connectivity index (χ3v) is 10.5. The van der Waals surface area contributed by atoms with E-state index in [0.717, 1.165) is 43.4 Å². The lowest BCUT2D eigenvalue weighted by atomic mass is 9.47. The number of hydrogen-bond acceptors (Lipinski definition) is 5. The zero-order chi connectivity index (χ0) is 26.9. The average molecular weight is 523 g/mol. The molecule has 0 bridgehead atoms. The van der Waals surface area contributed by atoms with E-state index < -0.39 is 5.97 Å². The Kier molecular flexibility index (Phi) is 7.67. The van der Waals surface area contributed by atoms with Crippen LogP contribution in [-0.4, -0.2) is 47.1 Å². The van der Waals surface area contributed by atoms with E-state index in [1.54, 1.807) is 0 Å². The first-order valence-electron chi connectivity index (χ1n) is 14.3. The second kappa shape index (κ2) is 10.8. The topological polar surface area (TPSA) is 108 Å². The Hall–Kier alpha value is -2.67. The Morgan fingerprint density at radius 1 is 1.08 bits per heavy atom. The van der Waals surface area contributed by atoms with Crippen LogP contribution < -0.4 is 5.32 Å². The molecule has 1 aromatic carbocycles. The highest BCUT2D eigenvalue weighted by Gasteiger charge is 2.58. The number of oxime groups is 1. The van der Waals surface area contributed by atoms with Gasteiger partial charge in [-0.05, 0) is 91.6 Å². The van der Waals surface area contributed by atoms with Crippen LogP contribution in [0, 0.1) is 28.6 Å². The molecule has 3 saturated carbocycles. The van der Waals surface area contributed by atoms with Crippen molar-refractivity contribution in [2.75, 3.05) is 13.2 Å². The highest BCUT2D eigenvalue weighted by molar-refractivity contribution is 5.96. The van der Waals surface area contributed by atoms with Gasteiger partial charge in [-0.3, -0.25) is 9.59 Å². The third-order valence-electron chi connectivity index (χ3n) is 10.5. The molecule has 0 heterocycles. The first-order valence-corrected chi connectivity index (χ1v) is 14.3. The van der Waals surface area contributed by atoms with Gasteiger partial charge in [0, 0.05) is 12.5 Å². The van der Waals surface area contributed by atoms with E-state index in [9.17, 15) is 19.8 Å². The summed E-state index contributed by atoms with van der Waals surface area (Å²) in [4.78, 5) is 29.1. The fourth-order valence-electron chi connectivity index (χ4n) is 8.32. The third kappa shape index (κ3) is 5.14. The number of carbonyl (C=O) groups excluding carboxylic acids is 1. The molecule has 4 aliphatic carbocycles. The number of carboxylic acid groups (broad SMARTS) is 1. The average Bonchev–Trinajstić information content (AvgIpc) is 3.21. The van der Waals surface area contributed by atoms with E-state index in [4.69, 9.17) is 4.84 Å². The van der Waals surface area contributed by atoms with Gasteiger partial charge in [0.05, 0.1) is 18.2 Å². The maximum absolute atomic E-state index is 12.4. The van der Waals surface area contributed by atoms with Gasteiger partial charge in [-0.15, -0.1) is 0 Å². The van der Waals surface area contributed by atoms with Gasteiger partial charge >= 0.3 is 5.97 Å². The summed E-state index contributed by atoms with van der Waals surface area (Å²) in [6, 6.07) is 9.37. The minimum absolute atomic E-state index is 0.0534. The largest absolute Gasteiger partial charge is 0.481 e. The number of fused-ring (bicyclic) bond motifs is 5. The quantitative estimate of drug-likeness (QED) is 0.414. The Morgan fingerprint density at radius 3 is 2.63 bits per heavy atom. The van der Waals surface area contributed by atoms with Crippen LogP contribution in [0.2, 0.25) is 0 Å². The van der Waals surface area contributed by atoms with Crippen molar-refractivity contribution in [1.82, 2.24) is 5.32 Å². The van der Waals surface area contributed by atoms with Gasteiger partial charge < -0.3 is 20.4 Å². The molecule has 7 atom stereocenters. The van der Waals surface area contributed by atoms with Crippen LogP contribution in [0.4, 0.5) is 0 Å². The second-order valence-electron chi connectivity index (χ2n) is 12.5. The SMILES string of the molecule is C[C@]12CC[C@@H]3[C@@H](CCC4=CC(=NOCC(=O)NC[C@@H](CC(=O)O)c5ccccc5)CC[C@@]43C)[C@@H]1CC[C@@H]2O. The molecule has 0 aliphatic heterocycles. The number of nitrogens with one attached hydrogen (secondary N) is 1. The number of rotatable bonds is 8. The van der Waals surface area contributed by atoms with Crippen LogP contribution in [0.25, 0.3) is 0 Å². The maximum Gasteiger partial charge on any atom is 0.304 e. The van der Waals surface area contributed by atoms with E-state index in [1.807, 2.05) is 30.3 Å². The first-order chi connectivity index (χ1) is 18.2. The molecule has 7 heteroatoms. The predicted octanol–water partition coefficient (Wildman–Crippen LogP) is 5.06. The van der Waals surface area contributed by atoms with Crippen LogP contribution in [0.5, 0.6) is 0 Å². The zero-order valence-corrected chi connectivity index (χ0v) is 22.7. The number of aliphatic carboxylic acids is 1. The number of nitrogens with zero attached hydrogens (tertiary/aromatic N) is 1. The highest BCUT2D eigenvalue weighted by Crippen LogP contribution is 2.65. The number of carbonyl (C=O) groups is 2. The minimum atomic E-state index is -0.898. The Labute approximate surface area is 225 Å². The lowest BCUT2D eigenvalue weighted by Crippen LogP contribution is -2.51. The maximum atomic E-state index is 12.4. The van der Waals surface area contributed by atoms with Crippen LogP contribution in [0.3, 0.4) is 0 Å². The molecule has 38 heavy (non-hydrogen) atoms. The molecule has 0 saturated heterocycles. The summed E-state index contributed by atoms with van der Waals surface area (Å²) in [7, 11) is 0. The Morgan fingerprint density at radius 2 is 1.87 bits per heavy atom. The zero-order valence-electron chi connectivity index (χ0n) is 22.7. The summed E-state index contributed by atoms with van der Waals surface area (Å²) in [6.45, 7) is 4.81. The van der Waals surface area contributed by atoms with Crippen molar-refractivity contribution in [2.45, 2.75) is 83.7 Å². The van der Waals surface area contributed by atoms with E-state index in [1.165, 1.54) is 24.8 Å². The van der Waals surface area contributed by atoms with Crippen molar-refractivity contribution in [3.63, 3.8) is 0 Å². The monoisotopic (exact) mass is 522 g/mol. The van der Waals surface area contributed by atoms with Crippen LogP contribution in [-0.2, 0) is 14.4 Å². The molecule has 7 nitrogen and oxygen atoms in total. The normalized spacial score (nSPS) is 35.9. The summed E-state index contributed by atoms with van der Waals surface area (Å²) < 4.78 is 0. The van der Waals surface area contributed by atoms with Crippen LogP contribution >= 0.6 is 0 Å². The number of aliphatic hydroxyl groups is 1. The number of benzene rings is 1. The van der Waals surface area contributed by atoms with E-state index in [-0.39, 0.29) is 48.3 Å². The van der Waals surface area contributed by atoms with Crippen LogP contribution in [0.1, 0.15) is 83.1 Å². The Bertz CT molecular complexity index is 1100. The number of hydrogen-bond donors (Lipinski definition) is 3. The summed E-state index contributed by atoms with van der Waals surface area (Å²) in [5, 5.41) is 27.0. The summed E-state index contributed by atoms with van der Waals surface area (Å²) in [6.07, 6.45) is 10.6. The second-order valence-corrected chi connectivity index (χ2v) is 12.5. The minimum Gasteiger partial charge on any atom is -0.481 e. The molecule has 3 fully saturated rings. The van der Waals surface area contributed by atoms with E-state index in [2.05, 4.69) is 30.4 Å². The standard InChI is InChI=1S/C31H42N2O5/c1-30-14-12-23(17-22(30)8-9-24-25-10-11-27(34)31(25,2)15-13-26(24)30)33-38-19-28(35)32-18-21(16-29(36)37)20-6-4-3-5-7-20/h3-7,17,21,24-27,34H,8-16,18-19H2,1-2H3,(H,32,35)(H,36,37)/t21-,24+,25+,26-,27+,30+,31+/m1/s1. The van der Waals surface area contributed by atoms with Gasteiger partial charge in [-0.25, -0.2) is 0 Å². The molecule has 0 aromatic heterocycles. The van der Waals surface area contributed by atoms with Crippen LogP contribution in [0.15, 0.2) is 47.1 Å². The van der Waals surface area contributed by atoms with Crippen molar-refractivity contribution in [3.05, 3.63) is 47.5 Å².